The molecule has 2 N–H and O–H groups in total. The lowest BCUT2D eigenvalue weighted by Gasteiger charge is -2.12. The van der Waals surface area contributed by atoms with Gasteiger partial charge in [0.2, 0.25) is 0 Å². The average molecular weight is 230 g/mol. The number of hydrogen-bond acceptors (Lipinski definition) is 1. The predicted octanol–water partition coefficient (Wildman–Crippen LogP) is 3.52. The van der Waals surface area contributed by atoms with E-state index in [9.17, 15) is 4.39 Å². The molecule has 1 atom stereocenters. The van der Waals surface area contributed by atoms with Crippen molar-refractivity contribution in [2.75, 3.05) is 0 Å². The molecule has 0 saturated heterocycles. The topological polar surface area (TPSA) is 26.0 Å². The van der Waals surface area contributed by atoms with Crippen molar-refractivity contribution < 1.29 is 4.39 Å². The molecule has 0 heterocycles. The van der Waals surface area contributed by atoms with E-state index >= 15 is 0 Å². The Morgan fingerprint density at radius 3 is 2.80 bits per heavy atom. The number of benzene rings is 1. The fraction of sp³-hybridized carbons (Fsp3) is 0.333. The first-order valence-corrected chi connectivity index (χ1v) is 4.77. The molecule has 0 aromatic heterocycles. The number of aryl methyl sites for hydroxylation is 1. The van der Waals surface area contributed by atoms with Crippen LogP contribution in [-0.2, 0) is 0 Å². The molecule has 0 saturated carbocycles. The quantitative estimate of drug-likeness (QED) is 0.786. The maximum atomic E-state index is 13.3. The number of rotatable bonds is 4. The van der Waals surface area contributed by atoms with Gasteiger partial charge in [-0.05, 0) is 25.8 Å². The lowest BCUT2D eigenvalue weighted by atomic mass is 10.0. The number of allylic oxidation sites excluding steroid dienone is 1. The summed E-state index contributed by atoms with van der Waals surface area (Å²) >= 11 is 0. The Balaban J connectivity index is 0.00000196. The van der Waals surface area contributed by atoms with E-state index in [2.05, 4.69) is 6.58 Å². The Bertz CT molecular complexity index is 325. The molecule has 3 heteroatoms. The van der Waals surface area contributed by atoms with Crippen LogP contribution >= 0.6 is 12.4 Å². The van der Waals surface area contributed by atoms with E-state index < -0.39 is 0 Å². The molecule has 84 valence electrons. The standard InChI is InChI=1S/C12H16FN.ClH/c1-3-4-5-12(14)10-8-9(2)6-7-11(10)13;/h3,6-8,12H,1,4-5,14H2,2H3;1H/t12-;/m1./s1. The second kappa shape index (κ2) is 6.59. The van der Waals surface area contributed by atoms with E-state index in [0.717, 1.165) is 18.4 Å². The summed E-state index contributed by atoms with van der Waals surface area (Å²) in [6.45, 7) is 5.55. The maximum absolute atomic E-state index is 13.3. The van der Waals surface area contributed by atoms with E-state index in [-0.39, 0.29) is 24.3 Å². The highest BCUT2D eigenvalue weighted by Gasteiger charge is 2.10. The highest BCUT2D eigenvalue weighted by Crippen LogP contribution is 2.20. The van der Waals surface area contributed by atoms with E-state index in [1.807, 2.05) is 13.0 Å². The smallest absolute Gasteiger partial charge is 0.127 e. The van der Waals surface area contributed by atoms with Crippen molar-refractivity contribution in [1.29, 1.82) is 0 Å². The van der Waals surface area contributed by atoms with Crippen molar-refractivity contribution in [3.05, 3.63) is 47.8 Å². The molecule has 0 spiro atoms. The summed E-state index contributed by atoms with van der Waals surface area (Å²) in [5.74, 6) is -0.216. The van der Waals surface area contributed by atoms with Gasteiger partial charge in [-0.3, -0.25) is 0 Å². The Morgan fingerprint density at radius 1 is 1.53 bits per heavy atom. The van der Waals surface area contributed by atoms with Gasteiger partial charge in [0.1, 0.15) is 5.82 Å². The van der Waals surface area contributed by atoms with Crippen LogP contribution in [0.4, 0.5) is 4.39 Å². The minimum Gasteiger partial charge on any atom is -0.324 e. The zero-order valence-electron chi connectivity index (χ0n) is 8.87. The molecule has 1 rings (SSSR count). The zero-order chi connectivity index (χ0) is 10.6. The summed E-state index contributed by atoms with van der Waals surface area (Å²) in [5.41, 5.74) is 7.50. The molecule has 1 nitrogen and oxygen atoms in total. The van der Waals surface area contributed by atoms with Crippen LogP contribution in [0.3, 0.4) is 0 Å². The van der Waals surface area contributed by atoms with Gasteiger partial charge in [0.15, 0.2) is 0 Å². The van der Waals surface area contributed by atoms with Crippen molar-refractivity contribution in [3.63, 3.8) is 0 Å². The van der Waals surface area contributed by atoms with Crippen LogP contribution in [0.5, 0.6) is 0 Å². The Morgan fingerprint density at radius 2 is 2.20 bits per heavy atom. The van der Waals surface area contributed by atoms with Crippen LogP contribution < -0.4 is 5.73 Å². The van der Waals surface area contributed by atoms with Crippen molar-refractivity contribution in [2.24, 2.45) is 5.73 Å². The normalized spacial score (nSPS) is 11.7. The molecule has 0 fully saturated rings. The Hall–Kier alpha value is -0.860. The van der Waals surface area contributed by atoms with Crippen molar-refractivity contribution in [3.8, 4) is 0 Å². The van der Waals surface area contributed by atoms with E-state index in [4.69, 9.17) is 5.73 Å². The van der Waals surface area contributed by atoms with Gasteiger partial charge in [-0.15, -0.1) is 19.0 Å². The summed E-state index contributed by atoms with van der Waals surface area (Å²) in [6, 6.07) is 4.80. The molecular formula is C12H17ClFN. The van der Waals surface area contributed by atoms with Crippen molar-refractivity contribution in [2.45, 2.75) is 25.8 Å². The van der Waals surface area contributed by atoms with Gasteiger partial charge in [0.25, 0.3) is 0 Å². The number of hydrogen-bond donors (Lipinski definition) is 1. The molecule has 0 bridgehead atoms. The summed E-state index contributed by atoms with van der Waals surface area (Å²) in [5, 5.41) is 0. The molecule has 0 radical (unpaired) electrons. The maximum Gasteiger partial charge on any atom is 0.127 e. The van der Waals surface area contributed by atoms with E-state index in [0.29, 0.717) is 5.56 Å². The van der Waals surface area contributed by atoms with Crippen LogP contribution in [0, 0.1) is 12.7 Å². The molecule has 0 aliphatic heterocycles. The van der Waals surface area contributed by atoms with Gasteiger partial charge in [0, 0.05) is 11.6 Å². The predicted molar refractivity (Wildman–Crippen MR) is 64.7 cm³/mol. The molecule has 0 aliphatic rings. The minimum absolute atomic E-state index is 0. The van der Waals surface area contributed by atoms with Gasteiger partial charge in [-0.25, -0.2) is 4.39 Å². The molecule has 0 unspecified atom stereocenters. The first-order valence-electron chi connectivity index (χ1n) is 4.77. The van der Waals surface area contributed by atoms with Gasteiger partial charge < -0.3 is 5.73 Å². The Labute approximate surface area is 96.6 Å². The second-order valence-electron chi connectivity index (χ2n) is 3.50. The van der Waals surface area contributed by atoms with Crippen LogP contribution in [0.1, 0.15) is 30.0 Å². The van der Waals surface area contributed by atoms with Gasteiger partial charge in [-0.1, -0.05) is 23.8 Å². The van der Waals surface area contributed by atoms with E-state index in [1.54, 1.807) is 12.1 Å². The summed E-state index contributed by atoms with van der Waals surface area (Å²) < 4.78 is 13.3. The van der Waals surface area contributed by atoms with Gasteiger partial charge >= 0.3 is 0 Å². The lowest BCUT2D eigenvalue weighted by Crippen LogP contribution is -2.11. The monoisotopic (exact) mass is 229 g/mol. The van der Waals surface area contributed by atoms with Crippen LogP contribution in [0.2, 0.25) is 0 Å². The number of halogens is 2. The highest BCUT2D eigenvalue weighted by atomic mass is 35.5. The van der Waals surface area contributed by atoms with Crippen molar-refractivity contribution >= 4 is 12.4 Å². The average Bonchev–Trinajstić information content (AvgIpc) is 2.18. The fourth-order valence-corrected chi connectivity index (χ4v) is 1.40. The summed E-state index contributed by atoms with van der Waals surface area (Å²) in [7, 11) is 0. The van der Waals surface area contributed by atoms with Crippen LogP contribution in [-0.4, -0.2) is 0 Å². The van der Waals surface area contributed by atoms with Crippen LogP contribution in [0.25, 0.3) is 0 Å². The third-order valence-electron chi connectivity index (χ3n) is 2.23. The van der Waals surface area contributed by atoms with E-state index in [1.165, 1.54) is 6.07 Å². The summed E-state index contributed by atoms with van der Waals surface area (Å²) in [4.78, 5) is 0. The second-order valence-corrected chi connectivity index (χ2v) is 3.50. The largest absolute Gasteiger partial charge is 0.324 e. The first-order chi connectivity index (χ1) is 6.65. The molecule has 0 aliphatic carbocycles. The molecule has 0 amide bonds. The van der Waals surface area contributed by atoms with Gasteiger partial charge in [-0.2, -0.15) is 0 Å². The molecule has 1 aromatic rings. The third kappa shape index (κ3) is 4.02. The fourth-order valence-electron chi connectivity index (χ4n) is 1.40. The first kappa shape index (κ1) is 14.1. The molecular weight excluding hydrogens is 213 g/mol. The molecule has 1 aromatic carbocycles. The summed E-state index contributed by atoms with van der Waals surface area (Å²) in [6.07, 6.45) is 3.35. The minimum atomic E-state index is -0.229. The third-order valence-corrected chi connectivity index (χ3v) is 2.23. The van der Waals surface area contributed by atoms with Crippen LogP contribution in [0.15, 0.2) is 30.9 Å². The van der Waals surface area contributed by atoms with Gasteiger partial charge in [0.05, 0.1) is 0 Å². The Kier molecular flexibility index (Phi) is 6.21. The SMILES string of the molecule is C=CCC[C@@H](N)c1cc(C)ccc1F.Cl. The highest BCUT2D eigenvalue weighted by molar-refractivity contribution is 5.85. The van der Waals surface area contributed by atoms with Crippen molar-refractivity contribution in [1.82, 2.24) is 0 Å². The number of nitrogens with two attached hydrogens (primary N) is 1. The molecule has 15 heavy (non-hydrogen) atoms. The zero-order valence-corrected chi connectivity index (χ0v) is 9.69. The lowest BCUT2D eigenvalue weighted by molar-refractivity contribution is 0.566.